The molecule has 2 N–H and O–H groups in total. The van der Waals surface area contributed by atoms with Gasteiger partial charge in [0.2, 0.25) is 5.88 Å². The molecule has 0 bridgehead atoms. The minimum atomic E-state index is -0.283. The number of H-pyrrole nitrogens is 1. The SMILES string of the molecule is CC(C)c1cc(NC(=O)n2ccc3cc(Oc4cc(CN(C)C)ncn4)ccc32)n[nH]1. The Hall–Kier alpha value is -3.72. The molecule has 9 nitrogen and oxygen atoms in total. The van der Waals surface area contributed by atoms with Gasteiger partial charge in [-0.15, -0.1) is 0 Å². The normalized spacial score (nSPS) is 11.4. The molecule has 1 amide bonds. The minimum Gasteiger partial charge on any atom is -0.439 e. The van der Waals surface area contributed by atoms with Crippen molar-refractivity contribution in [1.29, 1.82) is 0 Å². The molecule has 0 aliphatic rings. The van der Waals surface area contributed by atoms with Gasteiger partial charge in [-0.05, 0) is 44.3 Å². The van der Waals surface area contributed by atoms with Gasteiger partial charge < -0.3 is 9.64 Å². The summed E-state index contributed by atoms with van der Waals surface area (Å²) in [5.41, 5.74) is 2.60. The summed E-state index contributed by atoms with van der Waals surface area (Å²) in [6, 6.07) is 10.8. The number of nitrogens with one attached hydrogen (secondary N) is 2. The van der Waals surface area contributed by atoms with Crippen LogP contribution in [0.2, 0.25) is 0 Å². The Balaban J connectivity index is 1.50. The lowest BCUT2D eigenvalue weighted by atomic mass is 10.1. The second kappa shape index (κ2) is 8.57. The summed E-state index contributed by atoms with van der Waals surface area (Å²) in [7, 11) is 3.96. The first-order valence-electron chi connectivity index (χ1n) is 10.0. The summed E-state index contributed by atoms with van der Waals surface area (Å²) in [5, 5.41) is 10.8. The van der Waals surface area contributed by atoms with E-state index < -0.39 is 0 Å². The number of carbonyl (C=O) groups is 1. The molecule has 3 heterocycles. The first-order chi connectivity index (χ1) is 14.9. The smallest absolute Gasteiger partial charge is 0.331 e. The molecule has 0 fully saturated rings. The molecule has 0 saturated heterocycles. The fraction of sp³-hybridized carbons (Fsp3) is 0.273. The van der Waals surface area contributed by atoms with E-state index in [2.05, 4.69) is 39.3 Å². The zero-order valence-corrected chi connectivity index (χ0v) is 18.0. The highest BCUT2D eigenvalue weighted by Gasteiger charge is 2.13. The van der Waals surface area contributed by atoms with Gasteiger partial charge in [-0.25, -0.2) is 14.8 Å². The van der Waals surface area contributed by atoms with Crippen molar-refractivity contribution in [3.05, 3.63) is 60.3 Å². The van der Waals surface area contributed by atoms with E-state index in [9.17, 15) is 4.79 Å². The topological polar surface area (TPSA) is 101 Å². The van der Waals surface area contributed by atoms with Crippen LogP contribution in [0.5, 0.6) is 11.6 Å². The number of ether oxygens (including phenoxy) is 1. The van der Waals surface area contributed by atoms with Crippen molar-refractivity contribution in [1.82, 2.24) is 29.6 Å². The van der Waals surface area contributed by atoms with Crippen LogP contribution < -0.4 is 10.1 Å². The number of hydrogen-bond donors (Lipinski definition) is 2. The zero-order valence-electron chi connectivity index (χ0n) is 18.0. The van der Waals surface area contributed by atoms with Crippen LogP contribution in [0.15, 0.2) is 48.9 Å². The predicted molar refractivity (Wildman–Crippen MR) is 119 cm³/mol. The second-order valence-electron chi connectivity index (χ2n) is 7.89. The molecule has 3 aromatic heterocycles. The zero-order chi connectivity index (χ0) is 22.0. The Bertz CT molecular complexity index is 1210. The Labute approximate surface area is 180 Å². The van der Waals surface area contributed by atoms with E-state index in [4.69, 9.17) is 4.74 Å². The summed E-state index contributed by atoms with van der Waals surface area (Å²) >= 11 is 0. The number of aromatic nitrogens is 5. The van der Waals surface area contributed by atoms with Crippen molar-refractivity contribution in [3.63, 3.8) is 0 Å². The van der Waals surface area contributed by atoms with Gasteiger partial charge >= 0.3 is 6.03 Å². The number of fused-ring (bicyclic) bond motifs is 1. The Kier molecular flexibility index (Phi) is 5.68. The number of amides is 1. The van der Waals surface area contributed by atoms with Gasteiger partial charge in [0.25, 0.3) is 0 Å². The summed E-state index contributed by atoms with van der Waals surface area (Å²) < 4.78 is 7.45. The molecular formula is C22H25N7O2. The quantitative estimate of drug-likeness (QED) is 0.485. The molecule has 0 atom stereocenters. The lowest BCUT2D eigenvalue weighted by molar-refractivity contribution is 0.254. The molecule has 0 spiro atoms. The van der Waals surface area contributed by atoms with Crippen LogP contribution in [0.1, 0.15) is 31.2 Å². The summed E-state index contributed by atoms with van der Waals surface area (Å²) in [5.74, 6) is 1.91. The van der Waals surface area contributed by atoms with E-state index in [0.717, 1.165) is 22.3 Å². The van der Waals surface area contributed by atoms with Crippen molar-refractivity contribution >= 4 is 22.8 Å². The van der Waals surface area contributed by atoms with E-state index in [1.807, 2.05) is 55.4 Å². The average Bonchev–Trinajstić information content (AvgIpc) is 3.34. The molecule has 31 heavy (non-hydrogen) atoms. The Morgan fingerprint density at radius 2 is 2.03 bits per heavy atom. The highest BCUT2D eigenvalue weighted by molar-refractivity contribution is 5.98. The Morgan fingerprint density at radius 3 is 2.77 bits per heavy atom. The first kappa shape index (κ1) is 20.5. The highest BCUT2D eigenvalue weighted by atomic mass is 16.5. The molecule has 160 valence electrons. The summed E-state index contributed by atoms with van der Waals surface area (Å²) in [6.45, 7) is 4.82. The minimum absolute atomic E-state index is 0.283. The molecule has 1 aromatic carbocycles. The lowest BCUT2D eigenvalue weighted by Gasteiger charge is -2.10. The van der Waals surface area contributed by atoms with Gasteiger partial charge in [-0.3, -0.25) is 15.0 Å². The van der Waals surface area contributed by atoms with Crippen LogP contribution in [0.3, 0.4) is 0 Å². The number of carbonyl (C=O) groups excluding carboxylic acids is 1. The van der Waals surface area contributed by atoms with Crippen LogP contribution in [-0.2, 0) is 6.54 Å². The van der Waals surface area contributed by atoms with Crippen molar-refractivity contribution in [3.8, 4) is 11.6 Å². The summed E-state index contributed by atoms with van der Waals surface area (Å²) in [6.07, 6.45) is 3.22. The number of hydrogen-bond acceptors (Lipinski definition) is 6. The van der Waals surface area contributed by atoms with E-state index >= 15 is 0 Å². The Morgan fingerprint density at radius 1 is 1.19 bits per heavy atom. The second-order valence-corrected chi connectivity index (χ2v) is 7.89. The van der Waals surface area contributed by atoms with Gasteiger partial charge in [0.05, 0.1) is 11.2 Å². The molecule has 4 aromatic rings. The number of benzene rings is 1. The van der Waals surface area contributed by atoms with Crippen LogP contribution in [0.4, 0.5) is 10.6 Å². The molecular weight excluding hydrogens is 394 g/mol. The van der Waals surface area contributed by atoms with Crippen LogP contribution in [0, 0.1) is 0 Å². The maximum absolute atomic E-state index is 12.7. The third-order valence-electron chi connectivity index (χ3n) is 4.73. The molecule has 0 saturated carbocycles. The van der Waals surface area contributed by atoms with Crippen molar-refractivity contribution in [2.45, 2.75) is 26.3 Å². The number of nitrogens with zero attached hydrogens (tertiary/aromatic N) is 5. The van der Waals surface area contributed by atoms with E-state index in [-0.39, 0.29) is 6.03 Å². The van der Waals surface area contributed by atoms with Crippen molar-refractivity contribution in [2.75, 3.05) is 19.4 Å². The van der Waals surface area contributed by atoms with Gasteiger partial charge in [-0.1, -0.05) is 13.8 Å². The van der Waals surface area contributed by atoms with Gasteiger partial charge in [-0.2, -0.15) is 5.10 Å². The highest BCUT2D eigenvalue weighted by Crippen LogP contribution is 2.26. The first-order valence-corrected chi connectivity index (χ1v) is 10.0. The van der Waals surface area contributed by atoms with Gasteiger partial charge in [0.1, 0.15) is 12.1 Å². The number of rotatable bonds is 6. The van der Waals surface area contributed by atoms with Gasteiger partial charge in [0, 0.05) is 36.0 Å². The van der Waals surface area contributed by atoms with Crippen molar-refractivity contribution in [2.24, 2.45) is 0 Å². The molecule has 0 unspecified atom stereocenters. The average molecular weight is 419 g/mol. The van der Waals surface area contributed by atoms with E-state index in [0.29, 0.717) is 29.9 Å². The number of aromatic amines is 1. The maximum atomic E-state index is 12.7. The van der Waals surface area contributed by atoms with E-state index in [1.54, 1.807) is 10.8 Å². The molecule has 0 aliphatic carbocycles. The van der Waals surface area contributed by atoms with Gasteiger partial charge in [0.15, 0.2) is 5.82 Å². The monoisotopic (exact) mass is 419 g/mol. The molecule has 4 rings (SSSR count). The largest absolute Gasteiger partial charge is 0.439 e. The van der Waals surface area contributed by atoms with Crippen LogP contribution >= 0.6 is 0 Å². The lowest BCUT2D eigenvalue weighted by Crippen LogP contribution is -2.18. The maximum Gasteiger partial charge on any atom is 0.331 e. The summed E-state index contributed by atoms with van der Waals surface area (Å²) in [4.78, 5) is 23.2. The molecule has 0 radical (unpaired) electrons. The molecule has 0 aliphatic heterocycles. The predicted octanol–water partition coefficient (Wildman–Crippen LogP) is 4.21. The third kappa shape index (κ3) is 4.72. The number of anilines is 1. The fourth-order valence-corrected chi connectivity index (χ4v) is 3.19. The van der Waals surface area contributed by atoms with Crippen LogP contribution in [0.25, 0.3) is 10.9 Å². The standard InChI is InChI=1S/C22H25N7O2/c1-14(2)18-11-20(27-26-18)25-22(30)29-8-7-15-9-17(5-6-19(15)29)31-21-10-16(12-28(3)4)23-13-24-21/h5-11,13-14H,12H2,1-4H3,(H2,25,26,27,30). The fourth-order valence-electron chi connectivity index (χ4n) is 3.19. The van der Waals surface area contributed by atoms with Crippen LogP contribution in [-0.4, -0.2) is 49.8 Å². The third-order valence-corrected chi connectivity index (χ3v) is 4.73. The molecule has 9 heteroatoms. The van der Waals surface area contributed by atoms with E-state index in [1.165, 1.54) is 6.33 Å². The van der Waals surface area contributed by atoms with Crippen molar-refractivity contribution < 1.29 is 9.53 Å².